The van der Waals surface area contributed by atoms with Crippen LogP contribution in [0.1, 0.15) is 0 Å². The molecular weight excluding hydrogens is 765 g/mol. The fourth-order valence-electron chi connectivity index (χ4n) is 9.46. The molecule has 0 unspecified atom stereocenters. The second-order valence-electron chi connectivity index (χ2n) is 16.1. The number of rotatable bonds is 8. The van der Waals surface area contributed by atoms with Gasteiger partial charge < -0.3 is 13.9 Å². The van der Waals surface area contributed by atoms with E-state index >= 15 is 0 Å². The van der Waals surface area contributed by atoms with Crippen molar-refractivity contribution in [3.05, 3.63) is 243 Å². The Kier molecular flexibility index (Phi) is 8.83. The lowest BCUT2D eigenvalue weighted by molar-refractivity contribution is 0.669. The number of hydrogen-bond donors (Lipinski definition) is 0. The van der Waals surface area contributed by atoms with Gasteiger partial charge in [-0.2, -0.15) is 0 Å². The van der Waals surface area contributed by atoms with E-state index in [2.05, 4.69) is 240 Å². The standard InChI is InChI=1S/C60H40N2O/c1-2-15-41(16-3-1)42-29-31-43(32-30-42)44-33-37-46(38-34-44)61(58-27-14-23-54-53-22-9-13-28-59(53)63-60(54)58)47-39-35-45(36-40-47)48-17-4-5-18-49(48)50-19-6-10-24-55(50)62-56-25-11-7-20-51(56)52-21-8-12-26-57(52)62/h1-40H. The van der Waals surface area contributed by atoms with Gasteiger partial charge in [-0.05, 0) is 93.5 Å². The Morgan fingerprint density at radius 1 is 0.302 bits per heavy atom. The Morgan fingerprint density at radius 2 is 0.762 bits per heavy atom. The average Bonchev–Trinajstić information content (AvgIpc) is 3.91. The van der Waals surface area contributed by atoms with Crippen LogP contribution in [0.25, 0.3) is 93.9 Å². The van der Waals surface area contributed by atoms with E-state index in [0.717, 1.165) is 55.8 Å². The maximum atomic E-state index is 6.66. The van der Waals surface area contributed by atoms with Crippen LogP contribution >= 0.6 is 0 Å². The van der Waals surface area contributed by atoms with Gasteiger partial charge in [-0.25, -0.2) is 0 Å². The van der Waals surface area contributed by atoms with Gasteiger partial charge in [0, 0.05) is 38.5 Å². The van der Waals surface area contributed by atoms with E-state index < -0.39 is 0 Å². The molecule has 0 bridgehead atoms. The molecule has 10 aromatic carbocycles. The topological polar surface area (TPSA) is 21.3 Å². The summed E-state index contributed by atoms with van der Waals surface area (Å²) in [4.78, 5) is 2.32. The number of benzene rings is 10. The van der Waals surface area contributed by atoms with Crippen molar-refractivity contribution in [2.24, 2.45) is 0 Å². The van der Waals surface area contributed by atoms with Gasteiger partial charge in [-0.1, -0.05) is 188 Å². The van der Waals surface area contributed by atoms with Gasteiger partial charge in [0.25, 0.3) is 0 Å². The van der Waals surface area contributed by atoms with Crippen LogP contribution in [0.4, 0.5) is 17.1 Å². The van der Waals surface area contributed by atoms with Crippen molar-refractivity contribution in [1.82, 2.24) is 4.57 Å². The van der Waals surface area contributed by atoms with Crippen LogP contribution in [-0.4, -0.2) is 4.57 Å². The fourth-order valence-corrected chi connectivity index (χ4v) is 9.46. The molecule has 0 aliphatic carbocycles. The van der Waals surface area contributed by atoms with E-state index in [4.69, 9.17) is 4.42 Å². The largest absolute Gasteiger partial charge is 0.454 e. The first-order valence-corrected chi connectivity index (χ1v) is 21.5. The predicted octanol–water partition coefficient (Wildman–Crippen LogP) is 16.8. The van der Waals surface area contributed by atoms with Crippen LogP contribution in [0.2, 0.25) is 0 Å². The molecular formula is C60H40N2O. The molecule has 296 valence electrons. The van der Waals surface area contributed by atoms with Gasteiger partial charge in [0.15, 0.2) is 5.58 Å². The summed E-state index contributed by atoms with van der Waals surface area (Å²) in [5, 5.41) is 4.70. The highest BCUT2D eigenvalue weighted by Gasteiger charge is 2.21. The Hall–Kier alpha value is -8.40. The molecule has 0 saturated heterocycles. The number of aromatic nitrogens is 1. The summed E-state index contributed by atoms with van der Waals surface area (Å²) < 4.78 is 9.08. The van der Waals surface area contributed by atoms with E-state index in [9.17, 15) is 0 Å². The zero-order valence-electron chi connectivity index (χ0n) is 34.4. The first-order valence-electron chi connectivity index (χ1n) is 21.5. The maximum Gasteiger partial charge on any atom is 0.159 e. The van der Waals surface area contributed by atoms with Crippen molar-refractivity contribution >= 4 is 60.8 Å². The van der Waals surface area contributed by atoms with E-state index in [1.165, 1.54) is 55.2 Å². The monoisotopic (exact) mass is 804 g/mol. The van der Waals surface area contributed by atoms with Crippen LogP contribution in [0.3, 0.4) is 0 Å². The maximum absolute atomic E-state index is 6.66. The Labute approximate surface area is 366 Å². The molecule has 12 rings (SSSR count). The van der Waals surface area contributed by atoms with Crippen molar-refractivity contribution in [3.8, 4) is 50.2 Å². The van der Waals surface area contributed by atoms with Crippen LogP contribution < -0.4 is 4.90 Å². The van der Waals surface area contributed by atoms with Gasteiger partial charge in [-0.3, -0.25) is 0 Å². The number of para-hydroxylation sites is 5. The first-order chi connectivity index (χ1) is 31.3. The van der Waals surface area contributed by atoms with Gasteiger partial charge >= 0.3 is 0 Å². The second-order valence-corrected chi connectivity index (χ2v) is 16.1. The molecule has 0 saturated carbocycles. The van der Waals surface area contributed by atoms with Crippen molar-refractivity contribution in [2.75, 3.05) is 4.90 Å². The Bertz CT molecular complexity index is 3550. The normalized spacial score (nSPS) is 11.5. The molecule has 0 fully saturated rings. The molecule has 2 aromatic heterocycles. The fraction of sp³-hybridized carbons (Fsp3) is 0. The van der Waals surface area contributed by atoms with Crippen LogP contribution in [0.15, 0.2) is 247 Å². The van der Waals surface area contributed by atoms with Crippen LogP contribution in [0.5, 0.6) is 0 Å². The summed E-state index contributed by atoms with van der Waals surface area (Å²) in [6, 6.07) is 87.0. The summed E-state index contributed by atoms with van der Waals surface area (Å²) in [7, 11) is 0. The predicted molar refractivity (Wildman–Crippen MR) is 264 cm³/mol. The summed E-state index contributed by atoms with van der Waals surface area (Å²) in [6.45, 7) is 0. The molecule has 0 N–H and O–H groups in total. The van der Waals surface area contributed by atoms with E-state index in [-0.39, 0.29) is 0 Å². The van der Waals surface area contributed by atoms with E-state index in [1.54, 1.807) is 0 Å². The molecule has 3 nitrogen and oxygen atoms in total. The molecule has 0 aliphatic rings. The van der Waals surface area contributed by atoms with Crippen molar-refractivity contribution in [3.63, 3.8) is 0 Å². The molecule has 0 radical (unpaired) electrons. The lowest BCUT2D eigenvalue weighted by Crippen LogP contribution is -2.10. The molecule has 0 amide bonds. The third-order valence-corrected chi connectivity index (χ3v) is 12.5. The third kappa shape index (κ3) is 6.29. The van der Waals surface area contributed by atoms with Crippen LogP contribution in [-0.2, 0) is 0 Å². The van der Waals surface area contributed by atoms with E-state index in [0.29, 0.717) is 0 Å². The van der Waals surface area contributed by atoms with Gasteiger partial charge in [0.1, 0.15) is 5.58 Å². The lowest BCUT2D eigenvalue weighted by Gasteiger charge is -2.26. The van der Waals surface area contributed by atoms with Gasteiger partial charge in [0.05, 0.1) is 22.4 Å². The number of fused-ring (bicyclic) bond motifs is 6. The second kappa shape index (κ2) is 15.3. The van der Waals surface area contributed by atoms with Gasteiger partial charge in [-0.15, -0.1) is 0 Å². The smallest absolute Gasteiger partial charge is 0.159 e. The molecule has 0 spiro atoms. The minimum atomic E-state index is 0.857. The lowest BCUT2D eigenvalue weighted by atomic mass is 9.93. The SMILES string of the molecule is c1ccc(-c2ccc(-c3ccc(N(c4ccc(-c5ccccc5-c5ccccc5-n5c6ccccc6c6ccccc65)cc4)c4cccc5c4oc4ccccc45)cc3)cc2)cc1. The summed E-state index contributed by atoms with van der Waals surface area (Å²) in [6.07, 6.45) is 0. The highest BCUT2D eigenvalue weighted by molar-refractivity contribution is 6.11. The van der Waals surface area contributed by atoms with Gasteiger partial charge in [0.2, 0.25) is 0 Å². The number of hydrogen-bond acceptors (Lipinski definition) is 2. The molecule has 3 heteroatoms. The van der Waals surface area contributed by atoms with Crippen LogP contribution in [0, 0.1) is 0 Å². The Balaban J connectivity index is 0.955. The summed E-state index contributed by atoms with van der Waals surface area (Å²) in [5.74, 6) is 0. The zero-order valence-corrected chi connectivity index (χ0v) is 34.4. The molecule has 12 aromatic rings. The number of anilines is 3. The third-order valence-electron chi connectivity index (χ3n) is 12.5. The molecule has 0 aliphatic heterocycles. The van der Waals surface area contributed by atoms with E-state index in [1.807, 2.05) is 12.1 Å². The molecule has 2 heterocycles. The summed E-state index contributed by atoms with van der Waals surface area (Å²) in [5.41, 5.74) is 17.8. The Morgan fingerprint density at radius 3 is 1.41 bits per heavy atom. The minimum absolute atomic E-state index is 0.857. The highest BCUT2D eigenvalue weighted by atomic mass is 16.3. The zero-order chi connectivity index (χ0) is 41.7. The molecule has 63 heavy (non-hydrogen) atoms. The number of furan rings is 1. The first kappa shape index (κ1) is 36.5. The highest BCUT2D eigenvalue weighted by Crippen LogP contribution is 2.44. The number of nitrogens with zero attached hydrogens (tertiary/aromatic N) is 2. The van der Waals surface area contributed by atoms with Crippen molar-refractivity contribution < 1.29 is 4.42 Å². The van der Waals surface area contributed by atoms with Crippen molar-refractivity contribution in [1.29, 1.82) is 0 Å². The quantitative estimate of drug-likeness (QED) is 0.153. The summed E-state index contributed by atoms with van der Waals surface area (Å²) >= 11 is 0. The average molecular weight is 805 g/mol. The molecule has 0 atom stereocenters. The minimum Gasteiger partial charge on any atom is -0.454 e. The van der Waals surface area contributed by atoms with Crippen molar-refractivity contribution in [2.45, 2.75) is 0 Å².